The average Bonchev–Trinajstić information content (AvgIpc) is 3.13. The zero-order valence-corrected chi connectivity index (χ0v) is 19.8. The molecule has 1 atom stereocenters. The fraction of sp³-hybridized carbons (Fsp3) is 0.423. The molecule has 1 unspecified atom stereocenters. The third kappa shape index (κ3) is 6.14. The summed E-state index contributed by atoms with van der Waals surface area (Å²) in [6.45, 7) is 5.83. The molecule has 3 N–H and O–H groups in total. The minimum absolute atomic E-state index is 0.0424. The van der Waals surface area contributed by atoms with Crippen molar-refractivity contribution in [1.29, 1.82) is 0 Å². The molecule has 0 spiro atoms. The number of benzene rings is 2. The number of fused-ring (bicyclic) bond motifs is 3. The van der Waals surface area contributed by atoms with Gasteiger partial charge in [-0.05, 0) is 43.0 Å². The molecule has 8 nitrogen and oxygen atoms in total. The van der Waals surface area contributed by atoms with E-state index in [2.05, 4.69) is 34.9 Å². The van der Waals surface area contributed by atoms with Crippen LogP contribution in [0.25, 0.3) is 11.1 Å². The average molecular weight is 469 g/mol. The van der Waals surface area contributed by atoms with E-state index in [1.807, 2.05) is 24.3 Å². The third-order valence-corrected chi connectivity index (χ3v) is 5.93. The minimum atomic E-state index is -0.996. The first-order valence-electron chi connectivity index (χ1n) is 11.4. The molecule has 2 aromatic rings. The molecule has 0 bridgehead atoms. The van der Waals surface area contributed by atoms with Crippen LogP contribution in [0.5, 0.6) is 0 Å². The van der Waals surface area contributed by atoms with Gasteiger partial charge in [-0.25, -0.2) is 4.79 Å². The van der Waals surface area contributed by atoms with Crippen LogP contribution in [-0.4, -0.2) is 55.5 Å². The predicted molar refractivity (Wildman–Crippen MR) is 128 cm³/mol. The van der Waals surface area contributed by atoms with Crippen LogP contribution in [0.2, 0.25) is 0 Å². The summed E-state index contributed by atoms with van der Waals surface area (Å²) in [7, 11) is 0. The lowest BCUT2D eigenvalue weighted by Gasteiger charge is -2.25. The maximum absolute atomic E-state index is 12.6. The molecule has 3 rings (SSSR count). The third-order valence-electron chi connectivity index (χ3n) is 5.93. The van der Waals surface area contributed by atoms with Crippen LogP contribution in [0.15, 0.2) is 48.5 Å². The van der Waals surface area contributed by atoms with Gasteiger partial charge in [0.25, 0.3) is 0 Å². The van der Waals surface area contributed by atoms with Crippen molar-refractivity contribution in [2.45, 2.75) is 39.2 Å². The Morgan fingerprint density at radius 1 is 1.00 bits per heavy atom. The standard InChI is InChI=1S/C26H32N2O6/c1-4-33-17(13-23(29)30)14-27-24(31)26(2,3)16-28-25(32)34-15-22-20-11-7-5-9-18(20)19-10-6-8-12-21(19)22/h5-12,17,22H,4,13-16H2,1-3H3,(H,27,31)(H,28,32)(H,29,30). The van der Waals surface area contributed by atoms with Gasteiger partial charge in [-0.3, -0.25) is 9.59 Å². The van der Waals surface area contributed by atoms with Crippen molar-refractivity contribution in [2.24, 2.45) is 5.41 Å². The number of carboxylic acids is 1. The maximum atomic E-state index is 12.6. The fourth-order valence-corrected chi connectivity index (χ4v) is 4.09. The number of carbonyl (C=O) groups is 3. The van der Waals surface area contributed by atoms with Gasteiger partial charge in [-0.15, -0.1) is 0 Å². The number of aliphatic carboxylic acids is 1. The summed E-state index contributed by atoms with van der Waals surface area (Å²) in [5.41, 5.74) is 3.63. The smallest absolute Gasteiger partial charge is 0.407 e. The predicted octanol–water partition coefficient (Wildman–Crippen LogP) is 3.55. The topological polar surface area (TPSA) is 114 Å². The first kappa shape index (κ1) is 25.2. The van der Waals surface area contributed by atoms with Gasteiger partial charge in [0.2, 0.25) is 5.91 Å². The summed E-state index contributed by atoms with van der Waals surface area (Å²) >= 11 is 0. The molecule has 0 saturated heterocycles. The van der Waals surface area contributed by atoms with Crippen LogP contribution in [0.3, 0.4) is 0 Å². The second kappa shape index (κ2) is 11.2. The monoisotopic (exact) mass is 468 g/mol. The highest BCUT2D eigenvalue weighted by molar-refractivity contribution is 5.83. The summed E-state index contributed by atoms with van der Waals surface area (Å²) < 4.78 is 10.9. The molecule has 0 saturated carbocycles. The maximum Gasteiger partial charge on any atom is 0.407 e. The van der Waals surface area contributed by atoms with Gasteiger partial charge >= 0.3 is 12.1 Å². The van der Waals surface area contributed by atoms with Gasteiger partial charge in [-0.1, -0.05) is 48.5 Å². The van der Waals surface area contributed by atoms with Crippen LogP contribution >= 0.6 is 0 Å². The Morgan fingerprint density at radius 2 is 1.59 bits per heavy atom. The quantitative estimate of drug-likeness (QED) is 0.465. The Bertz CT molecular complexity index is 990. The van der Waals surface area contributed by atoms with Crippen molar-refractivity contribution in [3.05, 3.63) is 59.7 Å². The van der Waals surface area contributed by atoms with Crippen LogP contribution < -0.4 is 10.6 Å². The van der Waals surface area contributed by atoms with Gasteiger partial charge in [0.05, 0.1) is 17.9 Å². The van der Waals surface area contributed by atoms with Crippen LogP contribution in [0, 0.1) is 5.41 Å². The van der Waals surface area contributed by atoms with E-state index in [0.717, 1.165) is 22.3 Å². The van der Waals surface area contributed by atoms with Gasteiger partial charge in [0.1, 0.15) is 6.61 Å². The number of carboxylic acid groups (broad SMARTS) is 1. The highest BCUT2D eigenvalue weighted by Crippen LogP contribution is 2.44. The first-order valence-corrected chi connectivity index (χ1v) is 11.4. The van der Waals surface area contributed by atoms with Crippen molar-refractivity contribution in [3.8, 4) is 11.1 Å². The largest absolute Gasteiger partial charge is 0.481 e. The highest BCUT2D eigenvalue weighted by atomic mass is 16.5. The van der Waals surface area contributed by atoms with E-state index in [-0.39, 0.29) is 37.9 Å². The fourth-order valence-electron chi connectivity index (χ4n) is 4.09. The van der Waals surface area contributed by atoms with E-state index in [4.69, 9.17) is 14.6 Å². The van der Waals surface area contributed by atoms with Crippen molar-refractivity contribution in [3.63, 3.8) is 0 Å². The van der Waals surface area contributed by atoms with E-state index >= 15 is 0 Å². The molecule has 1 aliphatic rings. The number of amides is 2. The number of rotatable bonds is 11. The molecule has 182 valence electrons. The minimum Gasteiger partial charge on any atom is -0.481 e. The van der Waals surface area contributed by atoms with Gasteiger partial charge < -0.3 is 25.2 Å². The van der Waals surface area contributed by atoms with Gasteiger partial charge in [-0.2, -0.15) is 0 Å². The molecule has 0 aromatic heterocycles. The van der Waals surface area contributed by atoms with Crippen LogP contribution in [0.4, 0.5) is 4.79 Å². The lowest BCUT2D eigenvalue weighted by atomic mass is 9.92. The molecule has 0 fully saturated rings. The summed E-state index contributed by atoms with van der Waals surface area (Å²) in [5.74, 6) is -1.36. The van der Waals surface area contributed by atoms with Crippen LogP contribution in [-0.2, 0) is 19.1 Å². The Hall–Kier alpha value is -3.39. The molecule has 0 radical (unpaired) electrons. The molecular weight excluding hydrogens is 436 g/mol. The van der Waals surface area contributed by atoms with Gasteiger partial charge in [0.15, 0.2) is 0 Å². The number of ether oxygens (including phenoxy) is 2. The Kier molecular flexibility index (Phi) is 8.28. The second-order valence-corrected chi connectivity index (χ2v) is 8.95. The Balaban J connectivity index is 1.51. The molecule has 2 aromatic carbocycles. The summed E-state index contributed by atoms with van der Waals surface area (Å²) in [6.07, 6.45) is -1.41. The SMILES string of the molecule is CCOC(CNC(=O)C(C)(C)CNC(=O)OCC1c2ccccc2-c2ccccc21)CC(=O)O. The Morgan fingerprint density at radius 3 is 2.15 bits per heavy atom. The van der Waals surface area contributed by atoms with E-state index < -0.39 is 23.6 Å². The van der Waals surface area contributed by atoms with Crippen molar-refractivity contribution >= 4 is 18.0 Å². The van der Waals surface area contributed by atoms with E-state index in [0.29, 0.717) is 6.61 Å². The Labute approximate surface area is 199 Å². The molecule has 0 heterocycles. The lowest BCUT2D eigenvalue weighted by molar-refractivity contribution is -0.141. The lowest BCUT2D eigenvalue weighted by Crippen LogP contribution is -2.47. The number of nitrogens with one attached hydrogen (secondary N) is 2. The molecule has 0 aliphatic heterocycles. The molecule has 8 heteroatoms. The first-order chi connectivity index (χ1) is 16.2. The molecule has 2 amide bonds. The zero-order valence-electron chi connectivity index (χ0n) is 19.8. The zero-order chi connectivity index (χ0) is 24.7. The molecule has 34 heavy (non-hydrogen) atoms. The summed E-state index contributed by atoms with van der Waals surface area (Å²) in [5, 5.41) is 14.4. The normalized spacial score (nSPS) is 13.5. The van der Waals surface area contributed by atoms with Crippen molar-refractivity contribution in [2.75, 3.05) is 26.3 Å². The second-order valence-electron chi connectivity index (χ2n) is 8.95. The number of hydrogen-bond acceptors (Lipinski definition) is 5. The summed E-state index contributed by atoms with van der Waals surface area (Å²) in [4.78, 5) is 36.0. The summed E-state index contributed by atoms with van der Waals surface area (Å²) in [6, 6.07) is 16.2. The van der Waals surface area contributed by atoms with Crippen molar-refractivity contribution < 1.29 is 29.0 Å². The highest BCUT2D eigenvalue weighted by Gasteiger charge is 2.31. The van der Waals surface area contributed by atoms with Crippen molar-refractivity contribution in [1.82, 2.24) is 10.6 Å². The molecular formula is C26H32N2O6. The van der Waals surface area contributed by atoms with E-state index in [9.17, 15) is 14.4 Å². The van der Waals surface area contributed by atoms with Gasteiger partial charge in [0, 0.05) is 25.6 Å². The van der Waals surface area contributed by atoms with E-state index in [1.54, 1.807) is 20.8 Å². The molecule has 1 aliphatic carbocycles. The number of hydrogen-bond donors (Lipinski definition) is 3. The van der Waals surface area contributed by atoms with E-state index in [1.165, 1.54) is 0 Å². The van der Waals surface area contributed by atoms with Crippen LogP contribution in [0.1, 0.15) is 44.2 Å². The number of alkyl carbamates (subject to hydrolysis) is 1. The number of carbonyl (C=O) groups excluding carboxylic acids is 2.